The third kappa shape index (κ3) is 8.87. The number of carbonyl (C=O) groups excluding carboxylic acids is 2. The molecule has 1 aliphatic rings. The molecule has 1 heterocycles. The van der Waals surface area contributed by atoms with Gasteiger partial charge in [0.05, 0.1) is 44.2 Å². The van der Waals surface area contributed by atoms with E-state index in [2.05, 4.69) is 24.0 Å². The number of ether oxygens (including phenoxy) is 3. The molecule has 0 N–H and O–H groups in total. The van der Waals surface area contributed by atoms with Crippen LogP contribution in [0, 0.1) is 5.92 Å². The Bertz CT molecular complexity index is 1270. The molecule has 3 aromatic rings. The smallest absolute Gasteiger partial charge is 0.307 e. The molecule has 0 saturated carbocycles. The van der Waals surface area contributed by atoms with Gasteiger partial charge < -0.3 is 19.1 Å². The minimum Gasteiger partial charge on any atom is -0.460 e. The Balaban J connectivity index is 1.67. The van der Waals surface area contributed by atoms with Gasteiger partial charge in [-0.1, -0.05) is 91.0 Å². The molecule has 6 heteroatoms. The van der Waals surface area contributed by atoms with Crippen LogP contribution in [0.4, 0.5) is 0 Å². The average molecular weight is 556 g/mol. The van der Waals surface area contributed by atoms with Crippen LogP contribution >= 0.6 is 0 Å². The van der Waals surface area contributed by atoms with Crippen molar-refractivity contribution in [2.75, 3.05) is 6.61 Å². The van der Waals surface area contributed by atoms with Crippen LogP contribution in [0.15, 0.2) is 103 Å². The van der Waals surface area contributed by atoms with Crippen molar-refractivity contribution in [1.82, 2.24) is 4.90 Å². The Morgan fingerprint density at radius 1 is 0.854 bits per heavy atom. The lowest BCUT2D eigenvalue weighted by molar-refractivity contribution is -0.160. The van der Waals surface area contributed by atoms with E-state index < -0.39 is 29.6 Å². The highest BCUT2D eigenvalue weighted by Gasteiger charge is 2.43. The second kappa shape index (κ2) is 14.2. The van der Waals surface area contributed by atoms with E-state index in [-0.39, 0.29) is 24.9 Å². The largest absolute Gasteiger partial charge is 0.460 e. The van der Waals surface area contributed by atoms with E-state index in [4.69, 9.17) is 14.2 Å². The van der Waals surface area contributed by atoms with Crippen LogP contribution in [0.25, 0.3) is 0 Å². The molecule has 0 spiro atoms. The maximum absolute atomic E-state index is 13.5. The zero-order chi connectivity index (χ0) is 29.2. The summed E-state index contributed by atoms with van der Waals surface area (Å²) in [5.41, 5.74) is 2.51. The number of ketones is 1. The summed E-state index contributed by atoms with van der Waals surface area (Å²) in [6.07, 6.45) is 2.86. The number of hydrogen-bond donors (Lipinski definition) is 0. The molecule has 0 amide bonds. The maximum Gasteiger partial charge on any atom is 0.307 e. The van der Waals surface area contributed by atoms with E-state index in [1.807, 2.05) is 106 Å². The molecule has 0 bridgehead atoms. The molecule has 1 aliphatic heterocycles. The fourth-order valence-corrected chi connectivity index (χ4v) is 5.17. The molecule has 6 nitrogen and oxygen atoms in total. The first-order valence-corrected chi connectivity index (χ1v) is 14.2. The van der Waals surface area contributed by atoms with Crippen molar-refractivity contribution in [3.63, 3.8) is 0 Å². The lowest BCUT2D eigenvalue weighted by Gasteiger charge is -2.45. The van der Waals surface area contributed by atoms with Gasteiger partial charge in [0.2, 0.25) is 0 Å². The molecule has 0 radical (unpaired) electrons. The number of rotatable bonds is 12. The molecule has 4 rings (SSSR count). The number of allylic oxidation sites excluding steroid dienone is 1. The fourth-order valence-electron chi connectivity index (χ4n) is 5.17. The molecule has 0 saturated heterocycles. The van der Waals surface area contributed by atoms with Crippen LogP contribution in [0.5, 0.6) is 0 Å². The Morgan fingerprint density at radius 2 is 1.41 bits per heavy atom. The first kappa shape index (κ1) is 30.2. The summed E-state index contributed by atoms with van der Waals surface area (Å²) < 4.78 is 18.5. The average Bonchev–Trinajstić information content (AvgIpc) is 2.96. The molecule has 0 aliphatic carbocycles. The van der Waals surface area contributed by atoms with Gasteiger partial charge in [0.25, 0.3) is 0 Å². The van der Waals surface area contributed by atoms with Crippen molar-refractivity contribution in [3.05, 3.63) is 120 Å². The predicted octanol–water partition coefficient (Wildman–Crippen LogP) is 6.66. The maximum atomic E-state index is 13.5. The van der Waals surface area contributed by atoms with Gasteiger partial charge in [-0.2, -0.15) is 0 Å². The predicted molar refractivity (Wildman–Crippen MR) is 160 cm³/mol. The van der Waals surface area contributed by atoms with Crippen molar-refractivity contribution in [2.24, 2.45) is 5.92 Å². The molecule has 0 aromatic heterocycles. The summed E-state index contributed by atoms with van der Waals surface area (Å²) in [6.45, 7) is 8.60. The number of benzene rings is 3. The van der Waals surface area contributed by atoms with Gasteiger partial charge in [-0.25, -0.2) is 0 Å². The van der Waals surface area contributed by atoms with Gasteiger partial charge in [-0.3, -0.25) is 9.59 Å². The first-order chi connectivity index (χ1) is 19.7. The summed E-state index contributed by atoms with van der Waals surface area (Å²) in [7, 11) is 0. The van der Waals surface area contributed by atoms with Crippen molar-refractivity contribution in [2.45, 2.75) is 71.1 Å². The highest BCUT2D eigenvalue weighted by molar-refractivity contribution is 5.95. The van der Waals surface area contributed by atoms with Gasteiger partial charge in [-0.05, 0) is 50.5 Å². The summed E-state index contributed by atoms with van der Waals surface area (Å²) in [4.78, 5) is 28.7. The standard InChI is InChI=1S/C35H41NO5/c1-26(29-18-12-7-13-19-29)36-21-20-31(37)30(22-33(38)41-35(2,3)4)34(36)32(40-24-28-16-10-6-11-17-28)25-39-23-27-14-8-5-9-15-27/h5-21,26,30,32,34H,22-25H2,1-4H3/t26-,30+,32+,34+/m0/s1. The Labute approximate surface area is 243 Å². The monoisotopic (exact) mass is 555 g/mol. The number of hydrogen-bond acceptors (Lipinski definition) is 6. The Kier molecular flexibility index (Phi) is 10.5. The van der Waals surface area contributed by atoms with Gasteiger partial charge in [0, 0.05) is 6.20 Å². The zero-order valence-corrected chi connectivity index (χ0v) is 24.4. The summed E-state index contributed by atoms with van der Waals surface area (Å²) in [6, 6.07) is 29.5. The van der Waals surface area contributed by atoms with E-state index in [0.29, 0.717) is 13.2 Å². The lowest BCUT2D eigenvalue weighted by atomic mass is 9.83. The molecule has 41 heavy (non-hydrogen) atoms. The molecule has 3 aromatic carbocycles. The van der Waals surface area contributed by atoms with Crippen LogP contribution in [-0.2, 0) is 37.0 Å². The van der Waals surface area contributed by atoms with Crippen LogP contribution in [0.2, 0.25) is 0 Å². The van der Waals surface area contributed by atoms with E-state index in [1.165, 1.54) is 0 Å². The van der Waals surface area contributed by atoms with Gasteiger partial charge in [0.15, 0.2) is 5.78 Å². The van der Waals surface area contributed by atoms with Gasteiger partial charge >= 0.3 is 5.97 Å². The van der Waals surface area contributed by atoms with Crippen molar-refractivity contribution in [1.29, 1.82) is 0 Å². The summed E-state index contributed by atoms with van der Waals surface area (Å²) >= 11 is 0. The van der Waals surface area contributed by atoms with E-state index in [1.54, 1.807) is 6.08 Å². The third-order valence-corrected chi connectivity index (χ3v) is 7.15. The van der Waals surface area contributed by atoms with Crippen LogP contribution in [0.3, 0.4) is 0 Å². The fraction of sp³-hybridized carbons (Fsp3) is 0.371. The number of esters is 1. The topological polar surface area (TPSA) is 65.1 Å². The van der Waals surface area contributed by atoms with Crippen LogP contribution in [0.1, 0.15) is 56.8 Å². The van der Waals surface area contributed by atoms with Crippen molar-refractivity contribution >= 4 is 11.8 Å². The van der Waals surface area contributed by atoms with E-state index in [0.717, 1.165) is 16.7 Å². The number of nitrogens with zero attached hydrogens (tertiary/aromatic N) is 1. The molecule has 4 atom stereocenters. The molecular formula is C35H41NO5. The van der Waals surface area contributed by atoms with Crippen LogP contribution < -0.4 is 0 Å². The molecular weight excluding hydrogens is 514 g/mol. The highest BCUT2D eigenvalue weighted by Crippen LogP contribution is 2.35. The molecule has 216 valence electrons. The normalized spacial score (nSPS) is 18.6. The molecule has 0 unspecified atom stereocenters. The Morgan fingerprint density at radius 3 is 2.00 bits per heavy atom. The van der Waals surface area contributed by atoms with Crippen molar-refractivity contribution < 1.29 is 23.8 Å². The highest BCUT2D eigenvalue weighted by atomic mass is 16.6. The van der Waals surface area contributed by atoms with Gasteiger partial charge in [0.1, 0.15) is 11.7 Å². The first-order valence-electron chi connectivity index (χ1n) is 14.2. The number of carbonyl (C=O) groups is 2. The quantitative estimate of drug-likeness (QED) is 0.233. The zero-order valence-electron chi connectivity index (χ0n) is 24.4. The Hall–Kier alpha value is -3.74. The minimum atomic E-state index is -0.665. The SMILES string of the molecule is C[C@@H](c1ccccc1)N1C=CC(=O)[C@@H](CC(=O)OC(C)(C)C)[C@@H]1[C@@H](COCc1ccccc1)OCc1ccccc1. The third-order valence-electron chi connectivity index (χ3n) is 7.15. The summed E-state index contributed by atoms with van der Waals surface area (Å²) in [5.74, 6) is -1.19. The van der Waals surface area contributed by atoms with E-state index >= 15 is 0 Å². The van der Waals surface area contributed by atoms with Crippen LogP contribution in [-0.4, -0.2) is 41.0 Å². The van der Waals surface area contributed by atoms with Gasteiger partial charge in [-0.15, -0.1) is 0 Å². The van der Waals surface area contributed by atoms with E-state index in [9.17, 15) is 9.59 Å². The second-order valence-corrected chi connectivity index (χ2v) is 11.5. The lowest BCUT2D eigenvalue weighted by Crippen LogP contribution is -2.54. The second-order valence-electron chi connectivity index (χ2n) is 11.5. The minimum absolute atomic E-state index is 0.0486. The van der Waals surface area contributed by atoms with Crippen molar-refractivity contribution in [3.8, 4) is 0 Å². The molecule has 0 fully saturated rings. The summed E-state index contributed by atoms with van der Waals surface area (Å²) in [5, 5.41) is 0.